The SMILES string of the molecule is CNC(=O)C(CCC=O)N(C=O)c1ccccc1N(C)C1CCN(CC(=O)OC(C)(C)C)CC1. The molecule has 1 aliphatic heterocycles. The molecule has 0 spiro atoms. The van der Waals surface area contributed by atoms with Gasteiger partial charge in [-0.25, -0.2) is 0 Å². The highest BCUT2D eigenvalue weighted by atomic mass is 16.6. The van der Waals surface area contributed by atoms with E-state index >= 15 is 0 Å². The van der Waals surface area contributed by atoms with Gasteiger partial charge in [-0.2, -0.15) is 0 Å². The first-order chi connectivity index (χ1) is 16.1. The number of nitrogens with one attached hydrogen (secondary N) is 1. The van der Waals surface area contributed by atoms with E-state index < -0.39 is 11.6 Å². The summed E-state index contributed by atoms with van der Waals surface area (Å²) >= 11 is 0. The molecule has 0 aromatic heterocycles. The molecule has 2 rings (SSSR count). The zero-order valence-corrected chi connectivity index (χ0v) is 21.0. The van der Waals surface area contributed by atoms with Crippen molar-refractivity contribution in [3.63, 3.8) is 0 Å². The van der Waals surface area contributed by atoms with Gasteiger partial charge in [0.25, 0.3) is 0 Å². The Kier molecular flexibility index (Phi) is 10.0. The normalized spacial score (nSPS) is 15.8. The van der Waals surface area contributed by atoms with Gasteiger partial charge < -0.3 is 24.6 Å². The fraction of sp³-hybridized carbons (Fsp3) is 0.600. The zero-order chi connectivity index (χ0) is 25.3. The van der Waals surface area contributed by atoms with Crippen molar-refractivity contribution >= 4 is 35.9 Å². The van der Waals surface area contributed by atoms with Gasteiger partial charge in [-0.3, -0.25) is 19.3 Å². The fourth-order valence-electron chi connectivity index (χ4n) is 4.29. The number of nitrogens with zero attached hydrogens (tertiary/aromatic N) is 3. The lowest BCUT2D eigenvalue weighted by Gasteiger charge is -2.39. The summed E-state index contributed by atoms with van der Waals surface area (Å²) in [5, 5.41) is 2.59. The van der Waals surface area contributed by atoms with Gasteiger partial charge in [0.05, 0.1) is 17.9 Å². The standard InChI is InChI=1S/C25H38N4O5/c1-25(2,3)34-23(32)17-28-14-12-19(13-15-28)27(5)20-9-6-7-10-21(20)29(18-31)22(11-8-16-30)24(33)26-4/h6-7,9-10,16,18-19,22H,8,11-15,17H2,1-5H3,(H,26,33). The summed E-state index contributed by atoms with van der Waals surface area (Å²) in [6.45, 7) is 7.37. The summed E-state index contributed by atoms with van der Waals surface area (Å²) in [7, 11) is 3.50. The molecule has 0 bridgehead atoms. The third kappa shape index (κ3) is 7.55. The predicted molar refractivity (Wildman–Crippen MR) is 132 cm³/mol. The molecule has 1 aromatic carbocycles. The molecule has 1 atom stereocenters. The van der Waals surface area contributed by atoms with Gasteiger partial charge in [0.2, 0.25) is 12.3 Å². The van der Waals surface area contributed by atoms with Crippen molar-refractivity contribution in [3.05, 3.63) is 24.3 Å². The average molecular weight is 475 g/mol. The maximum atomic E-state index is 12.5. The van der Waals surface area contributed by atoms with Gasteiger partial charge in [-0.1, -0.05) is 12.1 Å². The van der Waals surface area contributed by atoms with E-state index in [-0.39, 0.29) is 37.3 Å². The number of ether oxygens (including phenoxy) is 1. The van der Waals surface area contributed by atoms with Gasteiger partial charge in [0.15, 0.2) is 0 Å². The van der Waals surface area contributed by atoms with E-state index in [1.807, 2.05) is 52.1 Å². The van der Waals surface area contributed by atoms with Crippen LogP contribution in [0.1, 0.15) is 46.5 Å². The van der Waals surface area contributed by atoms with Crippen LogP contribution < -0.4 is 15.1 Å². The van der Waals surface area contributed by atoms with Crippen LogP contribution >= 0.6 is 0 Å². The summed E-state index contributed by atoms with van der Waals surface area (Å²) in [5.41, 5.74) is 0.957. The summed E-state index contributed by atoms with van der Waals surface area (Å²) in [6, 6.07) is 6.90. The molecule has 1 N–H and O–H groups in total. The third-order valence-corrected chi connectivity index (χ3v) is 5.97. The van der Waals surface area contributed by atoms with Gasteiger partial charge in [0.1, 0.15) is 17.9 Å². The molecule has 1 aromatic rings. The Hall–Kier alpha value is -2.94. The van der Waals surface area contributed by atoms with Crippen molar-refractivity contribution in [2.75, 3.05) is 43.5 Å². The number of esters is 1. The number of hydrogen-bond acceptors (Lipinski definition) is 7. The molecule has 1 saturated heterocycles. The number of carbonyl (C=O) groups excluding carboxylic acids is 4. The van der Waals surface area contributed by atoms with E-state index in [9.17, 15) is 19.2 Å². The highest BCUT2D eigenvalue weighted by Crippen LogP contribution is 2.33. The number of amides is 2. The minimum atomic E-state index is -0.780. The number of para-hydroxylation sites is 2. The van der Waals surface area contributed by atoms with Crippen LogP contribution in [0.25, 0.3) is 0 Å². The van der Waals surface area contributed by atoms with Crippen molar-refractivity contribution in [1.29, 1.82) is 0 Å². The number of rotatable bonds is 11. The lowest BCUT2D eigenvalue weighted by molar-refractivity contribution is -0.156. The van der Waals surface area contributed by atoms with Gasteiger partial charge >= 0.3 is 5.97 Å². The number of anilines is 2. The average Bonchev–Trinajstić information content (AvgIpc) is 2.80. The second kappa shape index (κ2) is 12.5. The largest absolute Gasteiger partial charge is 0.459 e. The molecule has 34 heavy (non-hydrogen) atoms. The van der Waals surface area contributed by atoms with Crippen LogP contribution in [-0.4, -0.2) is 80.9 Å². The molecule has 2 amide bonds. The van der Waals surface area contributed by atoms with Crippen molar-refractivity contribution in [2.45, 2.75) is 64.1 Å². The third-order valence-electron chi connectivity index (χ3n) is 5.97. The Morgan fingerprint density at radius 2 is 1.79 bits per heavy atom. The minimum Gasteiger partial charge on any atom is -0.459 e. The Bertz CT molecular complexity index is 846. The Morgan fingerprint density at radius 1 is 1.18 bits per heavy atom. The molecule has 0 saturated carbocycles. The quantitative estimate of drug-likeness (QED) is 0.387. The Morgan fingerprint density at radius 3 is 2.32 bits per heavy atom. The van der Waals surface area contributed by atoms with E-state index in [2.05, 4.69) is 15.1 Å². The molecular weight excluding hydrogens is 436 g/mol. The smallest absolute Gasteiger partial charge is 0.320 e. The molecule has 1 aliphatic rings. The molecular formula is C25H38N4O5. The topological polar surface area (TPSA) is 99.3 Å². The molecule has 188 valence electrons. The lowest BCUT2D eigenvalue weighted by Crippen LogP contribution is -2.48. The number of likely N-dealkylation sites (N-methyl/N-ethyl adjacent to an activating group) is 1. The van der Waals surface area contributed by atoms with Crippen LogP contribution in [-0.2, 0) is 23.9 Å². The number of piperidine rings is 1. The van der Waals surface area contributed by atoms with Crippen LogP contribution in [0.15, 0.2) is 24.3 Å². The number of aldehydes is 1. The van der Waals surface area contributed by atoms with Gasteiger partial charge in [-0.05, 0) is 52.2 Å². The number of likely N-dealkylation sites (tertiary alicyclic amines) is 1. The van der Waals surface area contributed by atoms with E-state index in [0.29, 0.717) is 12.1 Å². The highest BCUT2D eigenvalue weighted by molar-refractivity contribution is 5.95. The van der Waals surface area contributed by atoms with Crippen LogP contribution in [0, 0.1) is 0 Å². The summed E-state index contributed by atoms with van der Waals surface area (Å²) in [4.78, 5) is 53.4. The molecule has 0 aliphatic carbocycles. The predicted octanol–water partition coefficient (Wildman–Crippen LogP) is 1.99. The molecule has 9 heteroatoms. The summed E-state index contributed by atoms with van der Waals surface area (Å²) < 4.78 is 5.43. The zero-order valence-electron chi connectivity index (χ0n) is 21.0. The van der Waals surface area contributed by atoms with Crippen LogP contribution in [0.4, 0.5) is 11.4 Å². The molecule has 0 radical (unpaired) electrons. The van der Waals surface area contributed by atoms with E-state index in [1.165, 1.54) is 11.9 Å². The number of benzene rings is 1. The monoisotopic (exact) mass is 474 g/mol. The van der Waals surface area contributed by atoms with Crippen molar-refractivity contribution < 1.29 is 23.9 Å². The maximum absolute atomic E-state index is 12.5. The second-order valence-corrected chi connectivity index (χ2v) is 9.58. The van der Waals surface area contributed by atoms with Crippen LogP contribution in [0.5, 0.6) is 0 Å². The molecule has 9 nitrogen and oxygen atoms in total. The fourth-order valence-corrected chi connectivity index (χ4v) is 4.29. The molecule has 1 unspecified atom stereocenters. The first-order valence-electron chi connectivity index (χ1n) is 11.8. The number of carbonyl (C=O) groups is 4. The minimum absolute atomic E-state index is 0.177. The maximum Gasteiger partial charge on any atom is 0.320 e. The van der Waals surface area contributed by atoms with Crippen molar-refractivity contribution in [1.82, 2.24) is 10.2 Å². The van der Waals surface area contributed by atoms with Gasteiger partial charge in [-0.15, -0.1) is 0 Å². The van der Waals surface area contributed by atoms with Crippen molar-refractivity contribution in [2.24, 2.45) is 0 Å². The van der Waals surface area contributed by atoms with E-state index in [1.54, 1.807) is 0 Å². The number of hydrogen-bond donors (Lipinski definition) is 1. The first kappa shape index (κ1) is 27.3. The molecule has 1 heterocycles. The molecule has 1 fully saturated rings. The van der Waals surface area contributed by atoms with Crippen molar-refractivity contribution in [3.8, 4) is 0 Å². The van der Waals surface area contributed by atoms with Gasteiger partial charge in [0, 0.05) is 39.6 Å². The lowest BCUT2D eigenvalue weighted by atomic mass is 10.0. The Balaban J connectivity index is 2.14. The van der Waals surface area contributed by atoms with E-state index in [4.69, 9.17) is 4.74 Å². The summed E-state index contributed by atoms with van der Waals surface area (Å²) in [6.07, 6.45) is 3.51. The Labute approximate surface area is 202 Å². The van der Waals surface area contributed by atoms with Crippen LogP contribution in [0.2, 0.25) is 0 Å². The highest BCUT2D eigenvalue weighted by Gasteiger charge is 2.30. The second-order valence-electron chi connectivity index (χ2n) is 9.58. The van der Waals surface area contributed by atoms with Crippen LogP contribution in [0.3, 0.4) is 0 Å². The summed E-state index contributed by atoms with van der Waals surface area (Å²) in [5.74, 6) is -0.538. The van der Waals surface area contributed by atoms with E-state index in [0.717, 1.165) is 37.9 Å². The first-order valence-corrected chi connectivity index (χ1v) is 11.8.